The minimum Gasteiger partial charge on any atom is -0.377 e. The second kappa shape index (κ2) is 8.42. The SMILES string of the molecule is CN=C(NC1CCN(S(=O)(=O)C(F)(F)F)CC1)NC1C2CCOC2C1(C)C.I. The predicted molar refractivity (Wildman–Crippen MR) is 110 cm³/mol. The first-order valence-electron chi connectivity index (χ1n) is 9.16. The van der Waals surface area contributed by atoms with E-state index in [1.165, 1.54) is 0 Å². The monoisotopic (exact) mass is 540 g/mol. The van der Waals surface area contributed by atoms with Crippen molar-refractivity contribution in [3.63, 3.8) is 0 Å². The second-order valence-corrected chi connectivity index (χ2v) is 9.96. The molecule has 1 aliphatic carbocycles. The fraction of sp³-hybridized carbons (Fsp3) is 0.938. The van der Waals surface area contributed by atoms with E-state index < -0.39 is 15.5 Å². The van der Waals surface area contributed by atoms with Gasteiger partial charge in [0.05, 0.1) is 6.10 Å². The quantitative estimate of drug-likeness (QED) is 0.325. The molecule has 164 valence electrons. The van der Waals surface area contributed by atoms with Gasteiger partial charge in [-0.25, -0.2) is 8.42 Å². The number of piperidine rings is 1. The Morgan fingerprint density at radius 1 is 1.18 bits per heavy atom. The molecule has 2 N–H and O–H groups in total. The maximum absolute atomic E-state index is 12.7. The zero-order valence-corrected chi connectivity index (χ0v) is 19.3. The molecule has 0 spiro atoms. The van der Waals surface area contributed by atoms with Crippen LogP contribution in [0, 0.1) is 11.3 Å². The third-order valence-corrected chi connectivity index (χ3v) is 7.67. The molecule has 0 amide bonds. The topological polar surface area (TPSA) is 83.0 Å². The molecule has 3 unspecified atom stereocenters. The number of alkyl halides is 3. The van der Waals surface area contributed by atoms with E-state index in [9.17, 15) is 21.6 Å². The van der Waals surface area contributed by atoms with E-state index in [2.05, 4.69) is 29.5 Å². The van der Waals surface area contributed by atoms with E-state index >= 15 is 0 Å². The Balaban J connectivity index is 0.00000280. The number of halogens is 4. The van der Waals surface area contributed by atoms with Gasteiger partial charge in [-0.3, -0.25) is 4.99 Å². The van der Waals surface area contributed by atoms with Gasteiger partial charge in [0, 0.05) is 50.2 Å². The van der Waals surface area contributed by atoms with E-state index in [1.807, 2.05) is 0 Å². The molecule has 0 aromatic carbocycles. The highest BCUT2D eigenvalue weighted by atomic mass is 127. The van der Waals surface area contributed by atoms with Crippen molar-refractivity contribution < 1.29 is 26.3 Å². The number of fused-ring (bicyclic) bond motifs is 1. The Morgan fingerprint density at radius 2 is 1.79 bits per heavy atom. The molecule has 7 nitrogen and oxygen atoms in total. The van der Waals surface area contributed by atoms with Crippen LogP contribution in [0.5, 0.6) is 0 Å². The number of ether oxygens (including phenoxy) is 1. The standard InChI is InChI=1S/C16H27F3N4O3S.HI/c1-15(2)12(11-6-9-26-13(11)15)22-14(20-3)21-10-4-7-23(8-5-10)27(24,25)16(17,18)19;/h10-13H,4-9H2,1-3H3,(H2,20,21,22);1H. The molecule has 3 aliphatic rings. The number of guanidine groups is 1. The van der Waals surface area contributed by atoms with Crippen molar-refractivity contribution in [2.24, 2.45) is 16.3 Å². The normalized spacial score (nSPS) is 31.5. The molecular formula is C16H28F3IN4O3S. The van der Waals surface area contributed by atoms with Gasteiger partial charge in [-0.15, -0.1) is 24.0 Å². The summed E-state index contributed by atoms with van der Waals surface area (Å²) in [6.45, 7) is 4.72. The lowest BCUT2D eigenvalue weighted by Crippen LogP contribution is -2.68. The van der Waals surface area contributed by atoms with E-state index in [0.717, 1.165) is 13.0 Å². The van der Waals surface area contributed by atoms with Gasteiger partial charge in [0.1, 0.15) is 0 Å². The molecule has 0 radical (unpaired) electrons. The Hall–Kier alpha value is -0.340. The number of sulfonamides is 1. The van der Waals surface area contributed by atoms with E-state index in [4.69, 9.17) is 4.74 Å². The Labute approximate surface area is 180 Å². The largest absolute Gasteiger partial charge is 0.511 e. The Morgan fingerprint density at radius 3 is 2.32 bits per heavy atom. The molecular weight excluding hydrogens is 512 g/mol. The molecule has 1 saturated carbocycles. The molecule has 3 rings (SSSR count). The average Bonchev–Trinajstić information content (AvgIpc) is 3.05. The number of hydrogen-bond acceptors (Lipinski definition) is 4. The summed E-state index contributed by atoms with van der Waals surface area (Å²) in [5.74, 6) is 1.02. The van der Waals surface area contributed by atoms with Crippen LogP contribution in [0.25, 0.3) is 0 Å². The van der Waals surface area contributed by atoms with Crippen molar-refractivity contribution in [1.82, 2.24) is 14.9 Å². The summed E-state index contributed by atoms with van der Waals surface area (Å²) in [6.07, 6.45) is 1.82. The third-order valence-electron chi connectivity index (χ3n) is 6.04. The lowest BCUT2D eigenvalue weighted by Gasteiger charge is -2.55. The summed E-state index contributed by atoms with van der Waals surface area (Å²) < 4.78 is 67.3. The molecule has 3 atom stereocenters. The van der Waals surface area contributed by atoms with E-state index in [0.29, 0.717) is 29.0 Å². The summed E-state index contributed by atoms with van der Waals surface area (Å²) in [7, 11) is -3.60. The van der Waals surface area contributed by atoms with Crippen LogP contribution < -0.4 is 10.6 Å². The maximum Gasteiger partial charge on any atom is 0.511 e. The van der Waals surface area contributed by atoms with Crippen LogP contribution in [0.1, 0.15) is 33.1 Å². The number of rotatable bonds is 3. The Kier molecular flexibility index (Phi) is 7.20. The minimum atomic E-state index is -5.25. The second-order valence-electron chi connectivity index (χ2n) is 8.03. The highest BCUT2D eigenvalue weighted by Crippen LogP contribution is 2.52. The fourth-order valence-electron chi connectivity index (χ4n) is 4.52. The lowest BCUT2D eigenvalue weighted by molar-refractivity contribution is -0.106. The van der Waals surface area contributed by atoms with Gasteiger partial charge in [-0.2, -0.15) is 17.5 Å². The van der Waals surface area contributed by atoms with Crippen LogP contribution in [-0.4, -0.2) is 69.1 Å². The first kappa shape index (κ1) is 23.9. The third kappa shape index (κ3) is 4.24. The van der Waals surface area contributed by atoms with Gasteiger partial charge >= 0.3 is 15.5 Å². The molecule has 2 saturated heterocycles. The fourth-order valence-corrected chi connectivity index (χ4v) is 5.50. The molecule has 12 heteroatoms. The van der Waals surface area contributed by atoms with E-state index in [-0.39, 0.29) is 60.7 Å². The molecule has 0 aromatic heterocycles. The summed E-state index contributed by atoms with van der Waals surface area (Å²) in [5.41, 5.74) is -5.27. The van der Waals surface area contributed by atoms with E-state index in [1.54, 1.807) is 7.05 Å². The first-order chi connectivity index (χ1) is 12.5. The van der Waals surface area contributed by atoms with Gasteiger partial charge in [0.2, 0.25) is 0 Å². The van der Waals surface area contributed by atoms with Gasteiger partial charge in [0.15, 0.2) is 5.96 Å². The smallest absolute Gasteiger partial charge is 0.377 e. The molecule has 2 heterocycles. The van der Waals surface area contributed by atoms with Crippen LogP contribution in [0.3, 0.4) is 0 Å². The summed E-state index contributed by atoms with van der Waals surface area (Å²) in [5, 5.41) is 6.65. The Bertz CT molecular complexity index is 694. The summed E-state index contributed by atoms with van der Waals surface area (Å²) in [4.78, 5) is 4.23. The van der Waals surface area contributed by atoms with Crippen molar-refractivity contribution in [2.75, 3.05) is 26.7 Å². The van der Waals surface area contributed by atoms with Crippen molar-refractivity contribution in [2.45, 2.75) is 56.8 Å². The maximum atomic E-state index is 12.7. The summed E-state index contributed by atoms with van der Waals surface area (Å²) in [6, 6.07) is 0.0802. The number of nitrogens with one attached hydrogen (secondary N) is 2. The van der Waals surface area contributed by atoms with Gasteiger partial charge in [0.25, 0.3) is 0 Å². The zero-order valence-electron chi connectivity index (χ0n) is 16.1. The van der Waals surface area contributed by atoms with Gasteiger partial charge in [-0.1, -0.05) is 13.8 Å². The van der Waals surface area contributed by atoms with Gasteiger partial charge < -0.3 is 15.4 Å². The minimum absolute atomic E-state index is 0. The summed E-state index contributed by atoms with van der Waals surface area (Å²) >= 11 is 0. The number of aliphatic imine (C=N–C) groups is 1. The van der Waals surface area contributed by atoms with Crippen LogP contribution >= 0.6 is 24.0 Å². The number of nitrogens with zero attached hydrogens (tertiary/aromatic N) is 2. The molecule has 0 bridgehead atoms. The number of hydrogen-bond donors (Lipinski definition) is 2. The van der Waals surface area contributed by atoms with Crippen molar-refractivity contribution in [1.29, 1.82) is 0 Å². The van der Waals surface area contributed by atoms with Crippen LogP contribution in [0.2, 0.25) is 0 Å². The van der Waals surface area contributed by atoms with Crippen LogP contribution in [-0.2, 0) is 14.8 Å². The zero-order chi connectivity index (χ0) is 20.0. The predicted octanol–water partition coefficient (Wildman–Crippen LogP) is 1.90. The van der Waals surface area contributed by atoms with Crippen molar-refractivity contribution in [3.8, 4) is 0 Å². The van der Waals surface area contributed by atoms with Crippen LogP contribution in [0.15, 0.2) is 4.99 Å². The average molecular weight is 540 g/mol. The van der Waals surface area contributed by atoms with Crippen LogP contribution in [0.4, 0.5) is 13.2 Å². The molecule has 28 heavy (non-hydrogen) atoms. The molecule has 3 fully saturated rings. The highest BCUT2D eigenvalue weighted by molar-refractivity contribution is 14.0. The van der Waals surface area contributed by atoms with Crippen molar-refractivity contribution in [3.05, 3.63) is 0 Å². The first-order valence-corrected chi connectivity index (χ1v) is 10.6. The van der Waals surface area contributed by atoms with Crippen molar-refractivity contribution >= 4 is 40.0 Å². The highest BCUT2D eigenvalue weighted by Gasteiger charge is 2.59. The van der Waals surface area contributed by atoms with Gasteiger partial charge in [-0.05, 0) is 19.3 Å². The molecule has 0 aromatic rings. The lowest BCUT2D eigenvalue weighted by atomic mass is 9.57. The molecule has 2 aliphatic heterocycles.